The number of hydrogen-bond donors (Lipinski definition) is 1. The SMILES string of the molecule is CN[C@@H](Cc1ccc(C)cc1)C(=O)OC. The van der Waals surface area contributed by atoms with E-state index >= 15 is 0 Å². The molecular formula is C12H17NO2. The number of esters is 1. The predicted molar refractivity (Wildman–Crippen MR) is 59.7 cm³/mol. The van der Waals surface area contributed by atoms with E-state index in [0.29, 0.717) is 6.42 Å². The molecule has 0 saturated carbocycles. The second-order valence-corrected chi connectivity index (χ2v) is 3.55. The van der Waals surface area contributed by atoms with Crippen LogP contribution in [0, 0.1) is 6.92 Å². The van der Waals surface area contributed by atoms with Crippen LogP contribution in [-0.2, 0) is 16.0 Å². The Hall–Kier alpha value is -1.35. The third-order valence-corrected chi connectivity index (χ3v) is 2.39. The Morgan fingerprint density at radius 3 is 2.47 bits per heavy atom. The summed E-state index contributed by atoms with van der Waals surface area (Å²) in [6, 6.07) is 7.88. The van der Waals surface area contributed by atoms with Crippen LogP contribution < -0.4 is 5.32 Å². The highest BCUT2D eigenvalue weighted by molar-refractivity contribution is 5.76. The Kier molecular flexibility index (Phi) is 4.31. The van der Waals surface area contributed by atoms with Gasteiger partial charge in [-0.1, -0.05) is 29.8 Å². The average Bonchev–Trinajstić information content (AvgIpc) is 2.27. The summed E-state index contributed by atoms with van der Waals surface area (Å²) >= 11 is 0. The third-order valence-electron chi connectivity index (χ3n) is 2.39. The zero-order valence-corrected chi connectivity index (χ0v) is 9.41. The summed E-state index contributed by atoms with van der Waals surface area (Å²) in [5.41, 5.74) is 2.35. The van der Waals surface area contributed by atoms with E-state index in [1.807, 2.05) is 31.2 Å². The highest BCUT2D eigenvalue weighted by Gasteiger charge is 2.16. The molecule has 1 atom stereocenters. The Morgan fingerprint density at radius 1 is 1.40 bits per heavy atom. The Balaban J connectivity index is 2.66. The maximum atomic E-state index is 11.3. The number of methoxy groups -OCH3 is 1. The number of hydrogen-bond acceptors (Lipinski definition) is 3. The molecule has 3 heteroatoms. The minimum atomic E-state index is -0.266. The molecule has 3 nitrogen and oxygen atoms in total. The molecular weight excluding hydrogens is 190 g/mol. The number of rotatable bonds is 4. The topological polar surface area (TPSA) is 38.3 Å². The van der Waals surface area contributed by atoms with Gasteiger partial charge in [-0.2, -0.15) is 0 Å². The fourth-order valence-electron chi connectivity index (χ4n) is 1.41. The first-order valence-electron chi connectivity index (χ1n) is 4.98. The van der Waals surface area contributed by atoms with Crippen molar-refractivity contribution in [2.75, 3.05) is 14.2 Å². The van der Waals surface area contributed by atoms with Crippen molar-refractivity contribution < 1.29 is 9.53 Å². The molecule has 0 heterocycles. The first kappa shape index (κ1) is 11.7. The van der Waals surface area contributed by atoms with Crippen molar-refractivity contribution in [2.45, 2.75) is 19.4 Å². The maximum absolute atomic E-state index is 11.3. The molecule has 0 amide bonds. The lowest BCUT2D eigenvalue weighted by atomic mass is 10.0. The first-order chi connectivity index (χ1) is 7.17. The molecule has 0 bridgehead atoms. The molecule has 15 heavy (non-hydrogen) atoms. The summed E-state index contributed by atoms with van der Waals surface area (Å²) in [5, 5.41) is 2.94. The van der Waals surface area contributed by atoms with Crippen LogP contribution in [0.5, 0.6) is 0 Å². The van der Waals surface area contributed by atoms with Gasteiger partial charge < -0.3 is 10.1 Å². The van der Waals surface area contributed by atoms with Crippen LogP contribution in [0.15, 0.2) is 24.3 Å². The van der Waals surface area contributed by atoms with Crippen molar-refractivity contribution in [3.05, 3.63) is 35.4 Å². The molecule has 0 radical (unpaired) electrons. The highest BCUT2D eigenvalue weighted by Crippen LogP contribution is 2.06. The Bertz CT molecular complexity index is 319. The van der Waals surface area contributed by atoms with Crippen LogP contribution >= 0.6 is 0 Å². The van der Waals surface area contributed by atoms with Crippen LogP contribution in [0.3, 0.4) is 0 Å². The molecule has 0 fully saturated rings. The smallest absolute Gasteiger partial charge is 0.323 e. The van der Waals surface area contributed by atoms with E-state index in [-0.39, 0.29) is 12.0 Å². The minimum Gasteiger partial charge on any atom is -0.468 e. The molecule has 1 aromatic rings. The van der Waals surface area contributed by atoms with Gasteiger partial charge in [-0.15, -0.1) is 0 Å². The second-order valence-electron chi connectivity index (χ2n) is 3.55. The number of likely N-dealkylation sites (N-methyl/N-ethyl adjacent to an activating group) is 1. The fraction of sp³-hybridized carbons (Fsp3) is 0.417. The van der Waals surface area contributed by atoms with Gasteiger partial charge in [0, 0.05) is 0 Å². The predicted octanol–water partition coefficient (Wildman–Crippen LogP) is 1.30. The summed E-state index contributed by atoms with van der Waals surface area (Å²) in [4.78, 5) is 11.3. The van der Waals surface area contributed by atoms with E-state index < -0.39 is 0 Å². The molecule has 0 unspecified atom stereocenters. The van der Waals surface area contributed by atoms with Crippen LogP contribution in [-0.4, -0.2) is 26.2 Å². The number of benzene rings is 1. The fourth-order valence-corrected chi connectivity index (χ4v) is 1.41. The van der Waals surface area contributed by atoms with Crippen molar-refractivity contribution in [3.63, 3.8) is 0 Å². The van der Waals surface area contributed by atoms with E-state index in [9.17, 15) is 4.79 Å². The molecule has 82 valence electrons. The van der Waals surface area contributed by atoms with Crippen molar-refractivity contribution in [2.24, 2.45) is 0 Å². The average molecular weight is 207 g/mol. The molecule has 0 aliphatic rings. The van der Waals surface area contributed by atoms with Gasteiger partial charge in [0.1, 0.15) is 6.04 Å². The molecule has 1 rings (SSSR count). The quantitative estimate of drug-likeness (QED) is 0.756. The van der Waals surface area contributed by atoms with Crippen molar-refractivity contribution in [1.29, 1.82) is 0 Å². The van der Waals surface area contributed by atoms with Crippen molar-refractivity contribution >= 4 is 5.97 Å². The van der Waals surface area contributed by atoms with Gasteiger partial charge in [-0.25, -0.2) is 0 Å². The largest absolute Gasteiger partial charge is 0.468 e. The lowest BCUT2D eigenvalue weighted by Gasteiger charge is -2.13. The summed E-state index contributed by atoms with van der Waals surface area (Å²) in [6.45, 7) is 2.04. The number of carbonyl (C=O) groups is 1. The molecule has 0 spiro atoms. The molecule has 0 aliphatic heterocycles. The summed E-state index contributed by atoms with van der Waals surface area (Å²) in [5.74, 6) is -0.224. The van der Waals surface area contributed by atoms with E-state index in [0.717, 1.165) is 5.56 Å². The summed E-state index contributed by atoms with van der Waals surface area (Å²) in [6.07, 6.45) is 0.656. The van der Waals surface area contributed by atoms with E-state index in [2.05, 4.69) is 5.32 Å². The molecule has 0 aliphatic carbocycles. The molecule has 0 saturated heterocycles. The van der Waals surface area contributed by atoms with E-state index in [4.69, 9.17) is 4.74 Å². The van der Waals surface area contributed by atoms with Gasteiger partial charge in [0.25, 0.3) is 0 Å². The third kappa shape index (κ3) is 3.36. The van der Waals surface area contributed by atoms with E-state index in [1.165, 1.54) is 12.7 Å². The zero-order valence-electron chi connectivity index (χ0n) is 9.41. The lowest BCUT2D eigenvalue weighted by molar-refractivity contribution is -0.142. The number of ether oxygens (including phenoxy) is 1. The summed E-state index contributed by atoms with van der Waals surface area (Å²) in [7, 11) is 3.16. The van der Waals surface area contributed by atoms with Crippen LogP contribution in [0.25, 0.3) is 0 Å². The minimum absolute atomic E-state index is 0.224. The van der Waals surface area contributed by atoms with Crippen LogP contribution in [0.1, 0.15) is 11.1 Å². The number of nitrogens with one attached hydrogen (secondary N) is 1. The number of aryl methyl sites for hydroxylation is 1. The zero-order chi connectivity index (χ0) is 11.3. The van der Waals surface area contributed by atoms with Gasteiger partial charge in [0.15, 0.2) is 0 Å². The van der Waals surface area contributed by atoms with Gasteiger partial charge in [-0.3, -0.25) is 4.79 Å². The number of carbonyl (C=O) groups excluding carboxylic acids is 1. The monoisotopic (exact) mass is 207 g/mol. The van der Waals surface area contributed by atoms with Crippen molar-refractivity contribution in [1.82, 2.24) is 5.32 Å². The van der Waals surface area contributed by atoms with Gasteiger partial charge in [-0.05, 0) is 26.0 Å². The standard InChI is InChI=1S/C12H17NO2/c1-9-4-6-10(7-5-9)8-11(13-2)12(14)15-3/h4-7,11,13H,8H2,1-3H3/t11-/m0/s1. The second kappa shape index (κ2) is 5.51. The van der Waals surface area contributed by atoms with Crippen LogP contribution in [0.4, 0.5) is 0 Å². The van der Waals surface area contributed by atoms with Gasteiger partial charge in [0.2, 0.25) is 0 Å². The van der Waals surface area contributed by atoms with Crippen molar-refractivity contribution in [3.8, 4) is 0 Å². The van der Waals surface area contributed by atoms with Gasteiger partial charge in [0.05, 0.1) is 7.11 Å². The first-order valence-corrected chi connectivity index (χ1v) is 4.98. The van der Waals surface area contributed by atoms with Crippen LogP contribution in [0.2, 0.25) is 0 Å². The summed E-state index contributed by atoms with van der Waals surface area (Å²) < 4.78 is 4.70. The molecule has 1 N–H and O–H groups in total. The molecule has 0 aromatic heterocycles. The van der Waals surface area contributed by atoms with E-state index in [1.54, 1.807) is 7.05 Å². The normalized spacial score (nSPS) is 12.2. The highest BCUT2D eigenvalue weighted by atomic mass is 16.5. The lowest BCUT2D eigenvalue weighted by Crippen LogP contribution is -2.36. The maximum Gasteiger partial charge on any atom is 0.323 e. The van der Waals surface area contributed by atoms with Gasteiger partial charge >= 0.3 is 5.97 Å². The molecule has 1 aromatic carbocycles. The Labute approximate surface area is 90.4 Å². The Morgan fingerprint density at radius 2 is 2.00 bits per heavy atom.